The van der Waals surface area contributed by atoms with E-state index in [1.165, 1.54) is 155 Å². The lowest BCUT2D eigenvalue weighted by molar-refractivity contribution is 0.661. The first-order valence-corrected chi connectivity index (χ1v) is 25.5. The summed E-state index contributed by atoms with van der Waals surface area (Å²) in [6.45, 7) is 4.78. The zero-order valence-corrected chi connectivity index (χ0v) is 40.1. The molecular formula is C71H50. The summed E-state index contributed by atoms with van der Waals surface area (Å²) in [4.78, 5) is 0. The quantitative estimate of drug-likeness (QED) is 0.156. The molecule has 0 radical (unpaired) electrons. The molecule has 0 amide bonds. The van der Waals surface area contributed by atoms with Crippen LogP contribution in [0.1, 0.15) is 71.2 Å². The molecule has 0 heterocycles. The third-order valence-electron chi connectivity index (χ3n) is 16.8. The van der Waals surface area contributed by atoms with Gasteiger partial charge in [-0.3, -0.25) is 0 Å². The second kappa shape index (κ2) is 15.3. The predicted molar refractivity (Wildman–Crippen MR) is 302 cm³/mol. The zero-order valence-electron chi connectivity index (χ0n) is 40.1. The predicted octanol–water partition coefficient (Wildman–Crippen LogP) is 19.0. The Kier molecular flexibility index (Phi) is 8.76. The van der Waals surface area contributed by atoms with E-state index < -0.39 is 0 Å². The maximum absolute atomic E-state index is 2.46. The SMILES string of the molecule is CC1(C)c2cc(-c3ccc(-c4ccc(-c5ccc6ccc7c8c6c5CC=C8CC=C7)cc4)cc3)ccc2-c2ccc(-c3ccc(-c4ccc(-c5ccc6c7c8c(ccc57)C=CCC8=CC6)cc4)cc3)cc21. The molecule has 10 aromatic rings. The van der Waals surface area contributed by atoms with Crippen LogP contribution in [0.5, 0.6) is 0 Å². The van der Waals surface area contributed by atoms with Gasteiger partial charge in [0.15, 0.2) is 0 Å². The Morgan fingerprint density at radius 3 is 1.32 bits per heavy atom. The van der Waals surface area contributed by atoms with Crippen LogP contribution in [0.15, 0.2) is 206 Å². The van der Waals surface area contributed by atoms with Crippen molar-refractivity contribution in [1.29, 1.82) is 0 Å². The highest BCUT2D eigenvalue weighted by Gasteiger charge is 2.36. The molecule has 0 saturated carbocycles. The van der Waals surface area contributed by atoms with Crippen LogP contribution in [0.4, 0.5) is 0 Å². The Bertz CT molecular complexity index is 4050. The summed E-state index contributed by atoms with van der Waals surface area (Å²) in [5, 5.41) is 5.61. The lowest BCUT2D eigenvalue weighted by atomic mass is 9.79. The summed E-state index contributed by atoms with van der Waals surface area (Å²) in [6, 6.07) is 69.4. The van der Waals surface area contributed by atoms with E-state index in [2.05, 4.69) is 232 Å². The largest absolute Gasteiger partial charge is 0.0795 e. The van der Waals surface area contributed by atoms with E-state index in [0.29, 0.717) is 0 Å². The molecule has 0 fully saturated rings. The fourth-order valence-corrected chi connectivity index (χ4v) is 13.1. The molecule has 10 aromatic carbocycles. The van der Waals surface area contributed by atoms with Gasteiger partial charge in [0, 0.05) is 5.41 Å². The molecule has 0 saturated heterocycles. The first kappa shape index (κ1) is 40.6. The number of hydrogen-bond acceptors (Lipinski definition) is 0. The molecule has 0 aromatic heterocycles. The van der Waals surface area contributed by atoms with Gasteiger partial charge in [-0.2, -0.15) is 0 Å². The smallest absolute Gasteiger partial charge is 0.0159 e. The first-order valence-electron chi connectivity index (χ1n) is 25.5. The fraction of sp³-hybridized carbons (Fsp3) is 0.0986. The van der Waals surface area contributed by atoms with Crippen LogP contribution < -0.4 is 0 Å². The van der Waals surface area contributed by atoms with Crippen molar-refractivity contribution in [3.63, 3.8) is 0 Å². The molecule has 0 N–H and O–H groups in total. The van der Waals surface area contributed by atoms with Crippen molar-refractivity contribution in [2.24, 2.45) is 0 Å². The van der Waals surface area contributed by atoms with Crippen LogP contribution in [-0.4, -0.2) is 0 Å². The van der Waals surface area contributed by atoms with Crippen LogP contribution >= 0.6 is 0 Å². The van der Waals surface area contributed by atoms with Gasteiger partial charge in [-0.15, -0.1) is 0 Å². The van der Waals surface area contributed by atoms with Gasteiger partial charge in [0.25, 0.3) is 0 Å². The minimum absolute atomic E-state index is 0.128. The van der Waals surface area contributed by atoms with Crippen LogP contribution in [-0.2, 0) is 18.3 Å². The highest BCUT2D eigenvalue weighted by molar-refractivity contribution is 6.09. The minimum atomic E-state index is -0.128. The van der Waals surface area contributed by atoms with Gasteiger partial charge in [-0.25, -0.2) is 0 Å². The maximum atomic E-state index is 2.46. The van der Waals surface area contributed by atoms with Crippen molar-refractivity contribution < 1.29 is 0 Å². The van der Waals surface area contributed by atoms with E-state index in [1.807, 2.05) is 0 Å². The fourth-order valence-electron chi connectivity index (χ4n) is 13.1. The Morgan fingerprint density at radius 1 is 0.338 bits per heavy atom. The highest BCUT2D eigenvalue weighted by atomic mass is 14.4. The summed E-state index contributed by atoms with van der Waals surface area (Å²) in [5.41, 5.74) is 31.9. The first-order chi connectivity index (χ1) is 34.9. The Balaban J connectivity index is 0.659. The van der Waals surface area contributed by atoms with E-state index in [-0.39, 0.29) is 5.41 Å². The summed E-state index contributed by atoms with van der Waals surface area (Å²) in [5.74, 6) is 0. The number of benzene rings is 10. The van der Waals surface area contributed by atoms with E-state index in [9.17, 15) is 0 Å². The molecule has 15 rings (SSSR count). The molecule has 334 valence electrons. The van der Waals surface area contributed by atoms with Gasteiger partial charge in [0.1, 0.15) is 0 Å². The van der Waals surface area contributed by atoms with Gasteiger partial charge in [-0.1, -0.05) is 220 Å². The molecule has 0 spiro atoms. The number of rotatable bonds is 6. The summed E-state index contributed by atoms with van der Waals surface area (Å²) in [7, 11) is 0. The molecule has 5 aliphatic carbocycles. The molecule has 0 bridgehead atoms. The van der Waals surface area contributed by atoms with E-state index >= 15 is 0 Å². The van der Waals surface area contributed by atoms with Crippen molar-refractivity contribution in [2.75, 3.05) is 0 Å². The average molecular weight is 903 g/mol. The van der Waals surface area contributed by atoms with E-state index in [4.69, 9.17) is 0 Å². The van der Waals surface area contributed by atoms with Crippen molar-refractivity contribution >= 4 is 44.8 Å². The molecule has 0 heteroatoms. The van der Waals surface area contributed by atoms with Gasteiger partial charge < -0.3 is 0 Å². The third-order valence-corrected chi connectivity index (χ3v) is 16.8. The Hall–Kier alpha value is -8.32. The van der Waals surface area contributed by atoms with Crippen LogP contribution in [0.3, 0.4) is 0 Å². The summed E-state index contributed by atoms with van der Waals surface area (Å²) in [6.07, 6.45) is 18.2. The maximum Gasteiger partial charge on any atom is 0.0159 e. The Labute approximate surface area is 416 Å². The monoisotopic (exact) mass is 902 g/mol. The molecule has 0 nitrogen and oxygen atoms in total. The average Bonchev–Trinajstić information content (AvgIpc) is 3.66. The second-order valence-electron chi connectivity index (χ2n) is 21.0. The summed E-state index contributed by atoms with van der Waals surface area (Å²) < 4.78 is 0. The minimum Gasteiger partial charge on any atom is -0.0795 e. The molecule has 71 heavy (non-hydrogen) atoms. The molecule has 0 aliphatic heterocycles. The van der Waals surface area contributed by atoms with Crippen molar-refractivity contribution in [2.45, 2.75) is 44.9 Å². The molecule has 5 aliphatic rings. The normalized spacial score (nSPS) is 15.1. The van der Waals surface area contributed by atoms with Gasteiger partial charge >= 0.3 is 0 Å². The van der Waals surface area contributed by atoms with Gasteiger partial charge in [-0.05, 0) is 193 Å². The van der Waals surface area contributed by atoms with Crippen molar-refractivity contribution in [3.05, 3.63) is 251 Å². The number of allylic oxidation sites excluding steroid dienone is 6. The second-order valence-corrected chi connectivity index (χ2v) is 21.0. The molecule has 0 unspecified atom stereocenters. The molecular weight excluding hydrogens is 853 g/mol. The van der Waals surface area contributed by atoms with E-state index in [0.717, 1.165) is 25.7 Å². The topological polar surface area (TPSA) is 0 Å². The highest BCUT2D eigenvalue weighted by Crippen LogP contribution is 2.51. The van der Waals surface area contributed by atoms with Crippen molar-refractivity contribution in [3.8, 4) is 77.9 Å². The van der Waals surface area contributed by atoms with Crippen LogP contribution in [0.2, 0.25) is 0 Å². The molecule has 0 atom stereocenters. The van der Waals surface area contributed by atoms with Gasteiger partial charge in [0.2, 0.25) is 0 Å². The van der Waals surface area contributed by atoms with Crippen molar-refractivity contribution in [1.82, 2.24) is 0 Å². The third kappa shape index (κ3) is 6.24. The Morgan fingerprint density at radius 2 is 0.761 bits per heavy atom. The van der Waals surface area contributed by atoms with Crippen LogP contribution in [0.25, 0.3) is 123 Å². The summed E-state index contributed by atoms with van der Waals surface area (Å²) >= 11 is 0. The number of fused-ring (bicyclic) bond motifs is 3. The van der Waals surface area contributed by atoms with E-state index in [1.54, 1.807) is 0 Å². The lowest BCUT2D eigenvalue weighted by Gasteiger charge is -2.25. The van der Waals surface area contributed by atoms with Gasteiger partial charge in [0.05, 0.1) is 0 Å². The lowest BCUT2D eigenvalue weighted by Crippen LogP contribution is -2.15. The zero-order chi connectivity index (χ0) is 47.0. The standard InChI is InChI=1S/C71H50/c1-71(2)65-41-57(47-13-9-43(10-14-47)45-17-21-49(22-18-45)59-35-29-55-27-25-51-5-3-7-53-31-39-63(59)69(55)67(51)53)33-37-61(65)62-38-34-58(42-66(62)71)48-15-11-44(12-16-48)46-19-23-50(24-20-46)60-36-30-56-28-26-52-6-4-8-54-32-40-64(60)70(56)68(52)54/h3-5,8-27,29-38,40-42H,6-7,28,39H2,1-2H3. The number of hydrogen-bond donors (Lipinski definition) is 0. The van der Waals surface area contributed by atoms with Crippen LogP contribution in [0, 0.1) is 0 Å².